The zero-order chi connectivity index (χ0) is 10.8. The SMILES string of the molecule is COC(C)c1ccc(C(Cl)(Cl)Cl)nc1. The smallest absolute Gasteiger partial charge is 0.232 e. The van der Waals surface area contributed by atoms with E-state index >= 15 is 0 Å². The average molecular weight is 255 g/mol. The number of halogens is 3. The first-order valence-corrected chi connectivity index (χ1v) is 5.14. The second kappa shape index (κ2) is 4.67. The lowest BCUT2D eigenvalue weighted by Crippen LogP contribution is -2.05. The highest BCUT2D eigenvalue weighted by molar-refractivity contribution is 6.66. The maximum absolute atomic E-state index is 5.66. The van der Waals surface area contributed by atoms with Gasteiger partial charge in [-0.25, -0.2) is 0 Å². The van der Waals surface area contributed by atoms with E-state index in [0.717, 1.165) is 5.56 Å². The van der Waals surface area contributed by atoms with Gasteiger partial charge in [0.1, 0.15) is 0 Å². The van der Waals surface area contributed by atoms with Crippen molar-refractivity contribution in [3.05, 3.63) is 29.6 Å². The third kappa shape index (κ3) is 2.99. The molecule has 14 heavy (non-hydrogen) atoms. The van der Waals surface area contributed by atoms with E-state index < -0.39 is 3.79 Å². The summed E-state index contributed by atoms with van der Waals surface area (Å²) in [6, 6.07) is 3.51. The molecular formula is C9H10Cl3NO. The monoisotopic (exact) mass is 253 g/mol. The average Bonchev–Trinajstić information content (AvgIpc) is 2.15. The highest BCUT2D eigenvalue weighted by atomic mass is 35.6. The summed E-state index contributed by atoms with van der Waals surface area (Å²) in [5.74, 6) is 0. The molecule has 0 amide bonds. The van der Waals surface area contributed by atoms with E-state index in [2.05, 4.69) is 4.98 Å². The van der Waals surface area contributed by atoms with E-state index in [-0.39, 0.29) is 6.10 Å². The number of ether oxygens (including phenoxy) is 1. The highest BCUT2D eigenvalue weighted by Crippen LogP contribution is 2.36. The van der Waals surface area contributed by atoms with Crippen LogP contribution in [0.5, 0.6) is 0 Å². The van der Waals surface area contributed by atoms with Crippen molar-refractivity contribution < 1.29 is 4.74 Å². The molecule has 1 unspecified atom stereocenters. The number of aromatic nitrogens is 1. The van der Waals surface area contributed by atoms with Crippen LogP contribution in [0.3, 0.4) is 0 Å². The fourth-order valence-electron chi connectivity index (χ4n) is 0.950. The zero-order valence-corrected chi connectivity index (χ0v) is 10.1. The van der Waals surface area contributed by atoms with Gasteiger partial charge in [0, 0.05) is 13.3 Å². The molecule has 0 saturated heterocycles. The van der Waals surface area contributed by atoms with Crippen molar-refractivity contribution in [3.63, 3.8) is 0 Å². The Labute approximate surface area is 98.1 Å². The summed E-state index contributed by atoms with van der Waals surface area (Å²) >= 11 is 17.0. The van der Waals surface area contributed by atoms with Gasteiger partial charge in [-0.05, 0) is 18.6 Å². The molecule has 1 heterocycles. The third-order valence-corrected chi connectivity index (χ3v) is 2.48. The van der Waals surface area contributed by atoms with Gasteiger partial charge in [0.2, 0.25) is 3.79 Å². The van der Waals surface area contributed by atoms with Crippen molar-refractivity contribution in [1.29, 1.82) is 0 Å². The van der Waals surface area contributed by atoms with Crippen LogP contribution in [0.2, 0.25) is 0 Å². The number of methoxy groups -OCH3 is 1. The predicted octanol–water partition coefficient (Wildman–Crippen LogP) is 3.62. The fourth-order valence-corrected chi connectivity index (χ4v) is 1.28. The number of nitrogens with zero attached hydrogens (tertiary/aromatic N) is 1. The molecule has 1 atom stereocenters. The number of rotatable bonds is 2. The van der Waals surface area contributed by atoms with Crippen LogP contribution in [0.4, 0.5) is 0 Å². The van der Waals surface area contributed by atoms with E-state index in [4.69, 9.17) is 39.5 Å². The summed E-state index contributed by atoms with van der Waals surface area (Å²) in [6.07, 6.45) is 1.64. The highest BCUT2D eigenvalue weighted by Gasteiger charge is 2.24. The van der Waals surface area contributed by atoms with Gasteiger partial charge in [-0.2, -0.15) is 0 Å². The number of hydrogen-bond donors (Lipinski definition) is 0. The van der Waals surface area contributed by atoms with Crippen molar-refractivity contribution in [2.75, 3.05) is 7.11 Å². The molecular weight excluding hydrogens is 244 g/mol. The molecule has 78 valence electrons. The lowest BCUT2D eigenvalue weighted by molar-refractivity contribution is 0.119. The van der Waals surface area contributed by atoms with Crippen LogP contribution in [-0.2, 0) is 8.53 Å². The van der Waals surface area contributed by atoms with Crippen LogP contribution < -0.4 is 0 Å². The molecule has 1 rings (SSSR count). The van der Waals surface area contributed by atoms with Crippen LogP contribution >= 0.6 is 34.8 Å². The van der Waals surface area contributed by atoms with Crippen molar-refractivity contribution in [1.82, 2.24) is 4.98 Å². The molecule has 0 aromatic carbocycles. The van der Waals surface area contributed by atoms with E-state index in [9.17, 15) is 0 Å². The Morgan fingerprint density at radius 1 is 1.36 bits per heavy atom. The maximum Gasteiger partial charge on any atom is 0.232 e. The minimum Gasteiger partial charge on any atom is -0.377 e. The molecule has 5 heteroatoms. The van der Waals surface area contributed by atoms with Gasteiger partial charge in [-0.3, -0.25) is 4.98 Å². The molecule has 0 fully saturated rings. The molecule has 0 aliphatic carbocycles. The molecule has 0 saturated carbocycles. The molecule has 0 aliphatic rings. The summed E-state index contributed by atoms with van der Waals surface area (Å²) in [5.41, 5.74) is 1.36. The van der Waals surface area contributed by atoms with Crippen molar-refractivity contribution in [2.24, 2.45) is 0 Å². The fraction of sp³-hybridized carbons (Fsp3) is 0.444. The first kappa shape index (κ1) is 12.1. The second-order valence-corrected chi connectivity index (χ2v) is 5.13. The molecule has 0 aliphatic heterocycles. The minimum absolute atomic E-state index is 0.00748. The molecule has 0 N–H and O–H groups in total. The van der Waals surface area contributed by atoms with Gasteiger partial charge < -0.3 is 4.74 Å². The van der Waals surface area contributed by atoms with Gasteiger partial charge in [0.25, 0.3) is 0 Å². The molecule has 0 spiro atoms. The zero-order valence-electron chi connectivity index (χ0n) is 7.80. The third-order valence-electron chi connectivity index (χ3n) is 1.90. The number of pyridine rings is 1. The Bertz CT molecular complexity index is 294. The Hall–Kier alpha value is -0.0200. The first-order chi connectivity index (χ1) is 6.45. The summed E-state index contributed by atoms with van der Waals surface area (Å²) < 4.78 is 3.66. The van der Waals surface area contributed by atoms with Gasteiger partial charge >= 0.3 is 0 Å². The Balaban J connectivity index is 2.89. The topological polar surface area (TPSA) is 22.1 Å². The van der Waals surface area contributed by atoms with Gasteiger partial charge in [0.15, 0.2) is 0 Å². The largest absolute Gasteiger partial charge is 0.377 e. The summed E-state index contributed by atoms with van der Waals surface area (Å²) in [6.45, 7) is 1.92. The normalized spacial score (nSPS) is 14.1. The predicted molar refractivity (Wildman–Crippen MR) is 58.9 cm³/mol. The van der Waals surface area contributed by atoms with Crippen LogP contribution in [0.1, 0.15) is 24.3 Å². The Morgan fingerprint density at radius 2 is 2.00 bits per heavy atom. The number of hydrogen-bond acceptors (Lipinski definition) is 2. The van der Waals surface area contributed by atoms with Gasteiger partial charge in [0.05, 0.1) is 11.8 Å². The summed E-state index contributed by atoms with van der Waals surface area (Å²) in [5, 5.41) is 0. The Morgan fingerprint density at radius 3 is 2.36 bits per heavy atom. The van der Waals surface area contributed by atoms with Crippen LogP contribution in [0.25, 0.3) is 0 Å². The second-order valence-electron chi connectivity index (χ2n) is 2.85. The van der Waals surface area contributed by atoms with Gasteiger partial charge in [-0.1, -0.05) is 40.9 Å². The molecule has 1 aromatic rings. The van der Waals surface area contributed by atoms with E-state index in [1.165, 1.54) is 0 Å². The minimum atomic E-state index is -1.46. The molecule has 0 bridgehead atoms. The van der Waals surface area contributed by atoms with E-state index in [1.807, 2.05) is 13.0 Å². The lowest BCUT2D eigenvalue weighted by atomic mass is 10.2. The van der Waals surface area contributed by atoms with Crippen LogP contribution in [0, 0.1) is 0 Å². The number of alkyl halides is 3. The van der Waals surface area contributed by atoms with Crippen molar-refractivity contribution in [2.45, 2.75) is 16.8 Å². The summed E-state index contributed by atoms with van der Waals surface area (Å²) in [4.78, 5) is 4.04. The standard InChI is InChI=1S/C9H10Cl3NO/c1-6(14-2)7-3-4-8(13-5-7)9(10,11)12/h3-6H,1-2H3. The van der Waals surface area contributed by atoms with Crippen LogP contribution in [0.15, 0.2) is 18.3 Å². The van der Waals surface area contributed by atoms with Crippen LogP contribution in [-0.4, -0.2) is 12.1 Å². The van der Waals surface area contributed by atoms with Gasteiger partial charge in [-0.15, -0.1) is 0 Å². The van der Waals surface area contributed by atoms with E-state index in [1.54, 1.807) is 19.4 Å². The van der Waals surface area contributed by atoms with Crippen molar-refractivity contribution in [3.8, 4) is 0 Å². The van der Waals surface area contributed by atoms with Crippen molar-refractivity contribution >= 4 is 34.8 Å². The van der Waals surface area contributed by atoms with E-state index in [0.29, 0.717) is 5.69 Å². The lowest BCUT2D eigenvalue weighted by Gasteiger charge is -2.12. The summed E-state index contributed by atoms with van der Waals surface area (Å²) in [7, 11) is 1.63. The molecule has 1 aromatic heterocycles. The molecule has 0 radical (unpaired) electrons. The Kier molecular flexibility index (Phi) is 4.02. The first-order valence-electron chi connectivity index (χ1n) is 4.01. The molecule has 2 nitrogen and oxygen atoms in total. The quantitative estimate of drug-likeness (QED) is 0.752. The maximum atomic E-state index is 5.66.